The zero-order valence-electron chi connectivity index (χ0n) is 11.5. The third-order valence-electron chi connectivity index (χ3n) is 3.95. The molecule has 2 heterocycles. The van der Waals surface area contributed by atoms with Crippen molar-refractivity contribution < 1.29 is 18.3 Å². The average molecular weight is 292 g/mol. The smallest absolute Gasteiger partial charge is 0.282 e. The van der Waals surface area contributed by atoms with Crippen LogP contribution >= 0.6 is 0 Å². The van der Waals surface area contributed by atoms with Crippen LogP contribution in [0, 0.1) is 5.92 Å². The first kappa shape index (κ1) is 15.2. The predicted octanol–water partition coefficient (Wildman–Crippen LogP) is 0.0463. The van der Waals surface area contributed by atoms with E-state index in [4.69, 9.17) is 4.74 Å². The number of ether oxygens (including phenoxy) is 1. The normalized spacial score (nSPS) is 31.5. The van der Waals surface area contributed by atoms with Crippen LogP contribution in [0.2, 0.25) is 0 Å². The number of aliphatic hydroxyl groups is 1. The molecule has 1 N–H and O–H groups in total. The quantitative estimate of drug-likeness (QED) is 0.794. The lowest BCUT2D eigenvalue weighted by Gasteiger charge is -2.38. The van der Waals surface area contributed by atoms with Crippen molar-refractivity contribution in [2.24, 2.45) is 5.92 Å². The number of hydrogen-bond acceptors (Lipinski definition) is 4. The van der Waals surface area contributed by atoms with Crippen LogP contribution in [-0.2, 0) is 14.9 Å². The fraction of sp³-hybridized carbons (Fsp3) is 1.00. The van der Waals surface area contributed by atoms with E-state index in [-0.39, 0.29) is 18.6 Å². The Morgan fingerprint density at radius 1 is 1.26 bits per heavy atom. The summed E-state index contributed by atoms with van der Waals surface area (Å²) in [6.45, 7) is 4.41. The van der Waals surface area contributed by atoms with Gasteiger partial charge in [0.1, 0.15) is 0 Å². The molecule has 2 rings (SSSR count). The van der Waals surface area contributed by atoms with Gasteiger partial charge in [0.05, 0.1) is 12.7 Å². The molecule has 0 aromatic heterocycles. The van der Waals surface area contributed by atoms with Crippen LogP contribution < -0.4 is 0 Å². The number of aliphatic hydroxyl groups excluding tert-OH is 1. The molecular weight excluding hydrogens is 268 g/mol. The number of piperidine rings is 1. The van der Waals surface area contributed by atoms with E-state index in [0.29, 0.717) is 32.8 Å². The summed E-state index contributed by atoms with van der Waals surface area (Å²) in [6.07, 6.45) is 2.56. The Bertz CT molecular complexity index is 357. The second kappa shape index (κ2) is 6.49. The largest absolute Gasteiger partial charge is 0.396 e. The summed E-state index contributed by atoms with van der Waals surface area (Å²) < 4.78 is 33.7. The van der Waals surface area contributed by atoms with Gasteiger partial charge in [-0.2, -0.15) is 17.0 Å². The minimum Gasteiger partial charge on any atom is -0.396 e. The second-order valence-electron chi connectivity index (χ2n) is 5.32. The summed E-state index contributed by atoms with van der Waals surface area (Å²) in [5.74, 6) is 0.0755. The van der Waals surface area contributed by atoms with Gasteiger partial charge in [0.15, 0.2) is 0 Å². The molecule has 0 aromatic carbocycles. The van der Waals surface area contributed by atoms with Crippen molar-refractivity contribution in [3.8, 4) is 0 Å². The van der Waals surface area contributed by atoms with E-state index < -0.39 is 10.2 Å². The molecule has 112 valence electrons. The van der Waals surface area contributed by atoms with Gasteiger partial charge in [-0.3, -0.25) is 0 Å². The maximum absolute atomic E-state index is 12.6. The lowest BCUT2D eigenvalue weighted by atomic mass is 10.0. The van der Waals surface area contributed by atoms with Gasteiger partial charge >= 0.3 is 0 Å². The van der Waals surface area contributed by atoms with Gasteiger partial charge in [0.2, 0.25) is 0 Å². The van der Waals surface area contributed by atoms with Gasteiger partial charge in [0.25, 0.3) is 10.2 Å². The Labute approximate surface area is 115 Å². The molecule has 0 radical (unpaired) electrons. The molecule has 0 spiro atoms. The van der Waals surface area contributed by atoms with Crippen LogP contribution in [0.25, 0.3) is 0 Å². The molecule has 0 saturated carbocycles. The molecule has 0 amide bonds. The van der Waals surface area contributed by atoms with Crippen molar-refractivity contribution in [3.05, 3.63) is 0 Å². The van der Waals surface area contributed by atoms with Gasteiger partial charge in [-0.15, -0.1) is 0 Å². The SMILES string of the molecule is CCC1CN(S(=O)(=O)N2CCCC(CO)C2)CCO1. The summed E-state index contributed by atoms with van der Waals surface area (Å²) in [5.41, 5.74) is 0. The first-order valence-corrected chi connectivity index (χ1v) is 8.45. The maximum atomic E-state index is 12.6. The number of nitrogens with zero attached hydrogens (tertiary/aromatic N) is 2. The molecule has 0 bridgehead atoms. The summed E-state index contributed by atoms with van der Waals surface area (Å²) in [7, 11) is -3.40. The van der Waals surface area contributed by atoms with Crippen LogP contribution in [0.4, 0.5) is 0 Å². The van der Waals surface area contributed by atoms with Gasteiger partial charge in [-0.1, -0.05) is 6.92 Å². The third kappa shape index (κ3) is 3.46. The lowest BCUT2D eigenvalue weighted by molar-refractivity contribution is -0.00508. The van der Waals surface area contributed by atoms with Crippen LogP contribution in [0.5, 0.6) is 0 Å². The second-order valence-corrected chi connectivity index (χ2v) is 7.24. The zero-order chi connectivity index (χ0) is 13.9. The predicted molar refractivity (Wildman–Crippen MR) is 71.9 cm³/mol. The molecule has 19 heavy (non-hydrogen) atoms. The Morgan fingerprint density at radius 3 is 2.68 bits per heavy atom. The number of morpholine rings is 1. The molecule has 2 aliphatic rings. The minimum absolute atomic E-state index is 0.00181. The van der Waals surface area contributed by atoms with Crippen molar-refractivity contribution in [1.29, 1.82) is 0 Å². The first-order chi connectivity index (χ1) is 9.07. The Morgan fingerprint density at radius 2 is 2.00 bits per heavy atom. The lowest BCUT2D eigenvalue weighted by Crippen LogP contribution is -2.53. The van der Waals surface area contributed by atoms with Crippen molar-refractivity contribution in [3.63, 3.8) is 0 Å². The van der Waals surface area contributed by atoms with Gasteiger partial charge in [-0.05, 0) is 25.2 Å². The van der Waals surface area contributed by atoms with Crippen molar-refractivity contribution in [2.45, 2.75) is 32.3 Å². The highest BCUT2D eigenvalue weighted by atomic mass is 32.2. The number of hydrogen-bond donors (Lipinski definition) is 1. The molecule has 6 nitrogen and oxygen atoms in total. The van der Waals surface area contributed by atoms with Crippen molar-refractivity contribution >= 4 is 10.2 Å². The molecule has 0 aromatic rings. The summed E-state index contributed by atoms with van der Waals surface area (Å²) in [4.78, 5) is 0. The molecule has 2 atom stereocenters. The fourth-order valence-corrected chi connectivity index (χ4v) is 4.44. The summed E-state index contributed by atoms with van der Waals surface area (Å²) >= 11 is 0. The van der Waals surface area contributed by atoms with Gasteiger partial charge < -0.3 is 9.84 Å². The highest BCUT2D eigenvalue weighted by molar-refractivity contribution is 7.86. The van der Waals surface area contributed by atoms with E-state index in [1.807, 2.05) is 6.92 Å². The van der Waals surface area contributed by atoms with Gasteiger partial charge in [0, 0.05) is 32.8 Å². The van der Waals surface area contributed by atoms with E-state index in [0.717, 1.165) is 19.3 Å². The van der Waals surface area contributed by atoms with E-state index in [1.54, 1.807) is 0 Å². The van der Waals surface area contributed by atoms with Gasteiger partial charge in [-0.25, -0.2) is 0 Å². The average Bonchev–Trinajstić information content (AvgIpc) is 2.47. The standard InChI is InChI=1S/C12H24N2O4S/c1-2-12-9-14(6-7-18-12)19(16,17)13-5-3-4-11(8-13)10-15/h11-12,15H,2-10H2,1H3. The Balaban J connectivity index is 2.04. The molecule has 2 unspecified atom stereocenters. The number of rotatable bonds is 4. The third-order valence-corrected chi connectivity index (χ3v) is 5.92. The molecule has 0 aliphatic carbocycles. The highest BCUT2D eigenvalue weighted by Gasteiger charge is 2.35. The molecule has 2 aliphatic heterocycles. The highest BCUT2D eigenvalue weighted by Crippen LogP contribution is 2.22. The van der Waals surface area contributed by atoms with Crippen LogP contribution in [-0.4, -0.2) is 67.6 Å². The minimum atomic E-state index is -3.40. The van der Waals surface area contributed by atoms with Crippen molar-refractivity contribution in [1.82, 2.24) is 8.61 Å². The van der Waals surface area contributed by atoms with E-state index in [9.17, 15) is 13.5 Å². The van der Waals surface area contributed by atoms with E-state index >= 15 is 0 Å². The first-order valence-electron chi connectivity index (χ1n) is 7.05. The zero-order valence-corrected chi connectivity index (χ0v) is 12.3. The Hall–Kier alpha value is -0.210. The van der Waals surface area contributed by atoms with Crippen LogP contribution in [0.1, 0.15) is 26.2 Å². The maximum Gasteiger partial charge on any atom is 0.282 e. The Kier molecular flexibility index (Phi) is 5.19. The van der Waals surface area contributed by atoms with E-state index in [1.165, 1.54) is 8.61 Å². The fourth-order valence-electron chi connectivity index (χ4n) is 2.70. The molecule has 7 heteroatoms. The van der Waals surface area contributed by atoms with Crippen LogP contribution in [0.3, 0.4) is 0 Å². The monoisotopic (exact) mass is 292 g/mol. The topological polar surface area (TPSA) is 70.1 Å². The van der Waals surface area contributed by atoms with E-state index in [2.05, 4.69) is 0 Å². The summed E-state index contributed by atoms with van der Waals surface area (Å²) in [6, 6.07) is 0. The molecule has 2 fully saturated rings. The summed E-state index contributed by atoms with van der Waals surface area (Å²) in [5, 5.41) is 9.21. The molecule has 2 saturated heterocycles. The van der Waals surface area contributed by atoms with Crippen molar-refractivity contribution in [2.75, 3.05) is 39.4 Å². The van der Waals surface area contributed by atoms with Crippen LogP contribution in [0.15, 0.2) is 0 Å². The molecular formula is C12H24N2O4S.